The lowest BCUT2D eigenvalue weighted by Crippen LogP contribution is -2.32. The van der Waals surface area contributed by atoms with Crippen LogP contribution in [0.4, 0.5) is 0 Å². The number of hydrogen-bond donors (Lipinski definition) is 0. The van der Waals surface area contributed by atoms with Crippen LogP contribution in [0.3, 0.4) is 0 Å². The minimum atomic E-state index is 0.170. The molecule has 4 heteroatoms. The van der Waals surface area contributed by atoms with Crippen LogP contribution in [0.1, 0.15) is 24.2 Å². The van der Waals surface area contributed by atoms with Crippen LogP contribution in [-0.4, -0.2) is 34.2 Å². The standard InChI is InChI=1S/C11H15N3O/c1-8-5-9-11(3-4-11)7-13(2)10(15)6-14(9)12-8/h5H,3-4,6-7H2,1-2H3. The van der Waals surface area contributed by atoms with Crippen molar-refractivity contribution in [2.75, 3.05) is 13.6 Å². The van der Waals surface area contributed by atoms with Crippen molar-refractivity contribution in [1.29, 1.82) is 0 Å². The number of carbonyl (C=O) groups excluding carboxylic acids is 1. The van der Waals surface area contributed by atoms with E-state index in [9.17, 15) is 4.79 Å². The Labute approximate surface area is 88.9 Å². The average molecular weight is 205 g/mol. The maximum absolute atomic E-state index is 11.8. The van der Waals surface area contributed by atoms with E-state index in [1.165, 1.54) is 18.5 Å². The first kappa shape index (κ1) is 8.95. The van der Waals surface area contributed by atoms with Gasteiger partial charge in [0.15, 0.2) is 0 Å². The summed E-state index contributed by atoms with van der Waals surface area (Å²) in [7, 11) is 1.89. The number of hydrogen-bond acceptors (Lipinski definition) is 2. The van der Waals surface area contributed by atoms with Crippen molar-refractivity contribution in [2.45, 2.75) is 31.7 Å². The molecule has 0 radical (unpaired) electrons. The summed E-state index contributed by atoms with van der Waals surface area (Å²) in [6.45, 7) is 3.25. The Morgan fingerprint density at radius 3 is 2.87 bits per heavy atom. The molecule has 0 bridgehead atoms. The van der Waals surface area contributed by atoms with E-state index in [0.29, 0.717) is 6.54 Å². The first-order chi connectivity index (χ1) is 7.11. The van der Waals surface area contributed by atoms with Crippen LogP contribution >= 0.6 is 0 Å². The molecule has 3 rings (SSSR count). The second kappa shape index (κ2) is 2.62. The SMILES string of the molecule is Cc1cc2n(n1)CC(=O)N(C)CC21CC1. The van der Waals surface area contributed by atoms with Gasteiger partial charge in [0, 0.05) is 24.7 Å². The van der Waals surface area contributed by atoms with Crippen LogP contribution in [0.5, 0.6) is 0 Å². The zero-order chi connectivity index (χ0) is 10.6. The minimum Gasteiger partial charge on any atom is -0.343 e. The third kappa shape index (κ3) is 1.20. The molecule has 1 aliphatic heterocycles. The second-order valence-corrected chi connectivity index (χ2v) is 4.86. The molecule has 1 amide bonds. The maximum atomic E-state index is 11.8. The number of aromatic nitrogens is 2. The fourth-order valence-corrected chi connectivity index (χ4v) is 2.53. The lowest BCUT2D eigenvalue weighted by Gasteiger charge is -2.18. The zero-order valence-electron chi connectivity index (χ0n) is 9.16. The van der Waals surface area contributed by atoms with Gasteiger partial charge in [-0.15, -0.1) is 0 Å². The van der Waals surface area contributed by atoms with Crippen molar-refractivity contribution in [3.05, 3.63) is 17.5 Å². The summed E-state index contributed by atoms with van der Waals surface area (Å²) in [5, 5.41) is 4.40. The van der Waals surface area contributed by atoms with Gasteiger partial charge in [-0.25, -0.2) is 0 Å². The maximum Gasteiger partial charge on any atom is 0.244 e. The fraction of sp³-hybridized carbons (Fsp3) is 0.636. The summed E-state index contributed by atoms with van der Waals surface area (Å²) in [4.78, 5) is 13.6. The molecule has 2 heterocycles. The van der Waals surface area contributed by atoms with Crippen LogP contribution in [0.25, 0.3) is 0 Å². The molecule has 2 aliphatic rings. The van der Waals surface area contributed by atoms with E-state index in [2.05, 4.69) is 11.2 Å². The van der Waals surface area contributed by atoms with E-state index >= 15 is 0 Å². The van der Waals surface area contributed by atoms with E-state index in [1.54, 1.807) is 0 Å². The van der Waals surface area contributed by atoms with Crippen LogP contribution in [0.2, 0.25) is 0 Å². The third-order valence-corrected chi connectivity index (χ3v) is 3.55. The molecule has 80 valence electrons. The summed E-state index contributed by atoms with van der Waals surface area (Å²) in [5.74, 6) is 0.170. The van der Waals surface area contributed by atoms with Gasteiger partial charge in [-0.1, -0.05) is 0 Å². The fourth-order valence-electron chi connectivity index (χ4n) is 2.53. The Morgan fingerprint density at radius 2 is 2.20 bits per heavy atom. The number of carbonyl (C=O) groups is 1. The molecule has 4 nitrogen and oxygen atoms in total. The molecule has 1 aliphatic carbocycles. The van der Waals surface area contributed by atoms with Gasteiger partial charge in [0.1, 0.15) is 6.54 Å². The van der Waals surface area contributed by atoms with Crippen LogP contribution in [0.15, 0.2) is 6.07 Å². The lowest BCUT2D eigenvalue weighted by atomic mass is 10.0. The topological polar surface area (TPSA) is 38.1 Å². The second-order valence-electron chi connectivity index (χ2n) is 4.86. The van der Waals surface area contributed by atoms with Crippen molar-refractivity contribution >= 4 is 5.91 Å². The molecule has 1 aromatic rings. The molecule has 0 aromatic carbocycles. The van der Waals surface area contributed by atoms with Gasteiger partial charge >= 0.3 is 0 Å². The van der Waals surface area contributed by atoms with Gasteiger partial charge < -0.3 is 4.90 Å². The molecular weight excluding hydrogens is 190 g/mol. The molecule has 15 heavy (non-hydrogen) atoms. The van der Waals surface area contributed by atoms with E-state index in [0.717, 1.165) is 12.2 Å². The van der Waals surface area contributed by atoms with Crippen LogP contribution in [-0.2, 0) is 16.8 Å². The monoisotopic (exact) mass is 205 g/mol. The zero-order valence-corrected chi connectivity index (χ0v) is 9.16. The summed E-state index contributed by atoms with van der Waals surface area (Å²) in [6.07, 6.45) is 2.38. The Hall–Kier alpha value is -1.32. The molecule has 1 spiro atoms. The van der Waals surface area contributed by atoms with Crippen molar-refractivity contribution in [2.24, 2.45) is 0 Å². The van der Waals surface area contributed by atoms with E-state index in [-0.39, 0.29) is 11.3 Å². The minimum absolute atomic E-state index is 0.170. The van der Waals surface area contributed by atoms with Crippen LogP contribution < -0.4 is 0 Å². The normalized spacial score (nSPS) is 22.8. The van der Waals surface area contributed by atoms with E-state index in [4.69, 9.17) is 0 Å². The highest BCUT2D eigenvalue weighted by Crippen LogP contribution is 2.49. The third-order valence-electron chi connectivity index (χ3n) is 3.55. The Bertz CT molecular complexity index is 431. The highest BCUT2D eigenvalue weighted by molar-refractivity contribution is 5.76. The van der Waals surface area contributed by atoms with Gasteiger partial charge in [-0.05, 0) is 25.8 Å². The predicted octanol–water partition coefficient (Wildman–Crippen LogP) is 0.695. The highest BCUT2D eigenvalue weighted by Gasteiger charge is 2.49. The summed E-state index contributed by atoms with van der Waals surface area (Å²) >= 11 is 0. The van der Waals surface area contributed by atoms with Gasteiger partial charge in [0.2, 0.25) is 5.91 Å². The highest BCUT2D eigenvalue weighted by atomic mass is 16.2. The number of aryl methyl sites for hydroxylation is 1. The molecule has 0 unspecified atom stereocenters. The van der Waals surface area contributed by atoms with E-state index < -0.39 is 0 Å². The lowest BCUT2D eigenvalue weighted by molar-refractivity contribution is -0.130. The van der Waals surface area contributed by atoms with Crippen molar-refractivity contribution < 1.29 is 4.79 Å². The Morgan fingerprint density at radius 1 is 1.47 bits per heavy atom. The number of fused-ring (bicyclic) bond motifs is 2. The number of nitrogens with zero attached hydrogens (tertiary/aromatic N) is 3. The van der Waals surface area contributed by atoms with Crippen molar-refractivity contribution in [1.82, 2.24) is 14.7 Å². The van der Waals surface area contributed by atoms with Crippen molar-refractivity contribution in [3.8, 4) is 0 Å². The summed E-state index contributed by atoms with van der Waals surface area (Å²) < 4.78 is 1.90. The van der Waals surface area contributed by atoms with Gasteiger partial charge in [-0.3, -0.25) is 9.48 Å². The molecule has 1 aromatic heterocycles. The molecule has 1 fully saturated rings. The first-order valence-electron chi connectivity index (χ1n) is 5.40. The smallest absolute Gasteiger partial charge is 0.244 e. The summed E-state index contributed by atoms with van der Waals surface area (Å²) in [5.41, 5.74) is 2.51. The Balaban J connectivity index is 2.10. The predicted molar refractivity (Wildman–Crippen MR) is 55.5 cm³/mol. The van der Waals surface area contributed by atoms with Gasteiger partial charge in [0.25, 0.3) is 0 Å². The quantitative estimate of drug-likeness (QED) is 0.625. The number of rotatable bonds is 0. The summed E-state index contributed by atoms with van der Waals surface area (Å²) in [6, 6.07) is 2.14. The van der Waals surface area contributed by atoms with Gasteiger partial charge in [-0.2, -0.15) is 5.10 Å². The molecule has 0 N–H and O–H groups in total. The molecular formula is C11H15N3O. The first-order valence-corrected chi connectivity index (χ1v) is 5.40. The largest absolute Gasteiger partial charge is 0.343 e. The molecule has 0 atom stereocenters. The van der Waals surface area contributed by atoms with Crippen molar-refractivity contribution in [3.63, 3.8) is 0 Å². The van der Waals surface area contributed by atoms with Gasteiger partial charge in [0.05, 0.1) is 5.69 Å². The number of likely N-dealkylation sites (N-methyl/N-ethyl adjacent to an activating group) is 1. The molecule has 1 saturated carbocycles. The average Bonchev–Trinajstić information content (AvgIpc) is 2.85. The van der Waals surface area contributed by atoms with E-state index in [1.807, 2.05) is 23.6 Å². The molecule has 0 saturated heterocycles. The Kier molecular flexibility index (Phi) is 1.56. The van der Waals surface area contributed by atoms with Crippen LogP contribution in [0, 0.1) is 6.92 Å². The number of amides is 1.